The number of aromatic nitrogens is 1. The summed E-state index contributed by atoms with van der Waals surface area (Å²) in [5, 5.41) is 12.6. The van der Waals surface area contributed by atoms with E-state index in [-0.39, 0.29) is 0 Å². The zero-order valence-electron chi connectivity index (χ0n) is 29.0. The highest BCUT2D eigenvalue weighted by molar-refractivity contribution is 6.26. The minimum absolute atomic E-state index is 1.15. The normalized spacial score (nSPS) is 11.8. The summed E-state index contributed by atoms with van der Waals surface area (Å²) in [6, 6.07) is 73.4. The van der Waals surface area contributed by atoms with E-state index in [1.807, 2.05) is 0 Å². The molecule has 0 aliphatic rings. The van der Waals surface area contributed by atoms with Gasteiger partial charge in [0.2, 0.25) is 0 Å². The first-order valence-electron chi connectivity index (χ1n) is 18.4. The van der Waals surface area contributed by atoms with Gasteiger partial charge in [0.1, 0.15) is 0 Å². The molecule has 0 N–H and O–H groups in total. The maximum Gasteiger partial charge on any atom is 0.0620 e. The number of hydrogen-bond acceptors (Lipinski definition) is 0. The number of nitrogens with zero attached hydrogens (tertiary/aromatic N) is 1. The lowest BCUT2D eigenvalue weighted by atomic mass is 9.86. The third-order valence-electron chi connectivity index (χ3n) is 11.1. The Morgan fingerprint density at radius 2 is 0.698 bits per heavy atom. The summed E-state index contributed by atoms with van der Waals surface area (Å²) >= 11 is 0. The quantitative estimate of drug-likeness (QED) is 0.164. The SMILES string of the molecule is c1ccc(-c2c3ccccc3c(-c3ccc(-n4c5c6ccccc6ccc5c5cc(-c6ccccc6)c6ccccc6c54)cc3)c3ccccc23)cc1. The molecule has 10 aromatic carbocycles. The molecule has 11 aromatic rings. The molecule has 246 valence electrons. The van der Waals surface area contributed by atoms with E-state index in [9.17, 15) is 0 Å². The molecule has 1 nitrogen and oxygen atoms in total. The fourth-order valence-electron chi connectivity index (χ4n) is 8.88. The Morgan fingerprint density at radius 3 is 1.30 bits per heavy atom. The van der Waals surface area contributed by atoms with Gasteiger partial charge in [-0.25, -0.2) is 0 Å². The number of benzene rings is 10. The molecule has 0 saturated heterocycles. The third kappa shape index (κ3) is 4.51. The van der Waals surface area contributed by atoms with Crippen LogP contribution in [0, 0.1) is 0 Å². The van der Waals surface area contributed by atoms with E-state index in [0.29, 0.717) is 0 Å². The molecule has 0 amide bonds. The minimum atomic E-state index is 1.15. The summed E-state index contributed by atoms with van der Waals surface area (Å²) in [6.45, 7) is 0. The zero-order valence-corrected chi connectivity index (χ0v) is 29.0. The zero-order chi connectivity index (χ0) is 34.9. The Bertz CT molecular complexity index is 3130. The monoisotopic (exact) mass is 671 g/mol. The van der Waals surface area contributed by atoms with Crippen LogP contribution >= 0.6 is 0 Å². The first-order valence-corrected chi connectivity index (χ1v) is 18.4. The van der Waals surface area contributed by atoms with E-state index in [1.54, 1.807) is 0 Å². The van der Waals surface area contributed by atoms with Gasteiger partial charge in [0.15, 0.2) is 0 Å². The van der Waals surface area contributed by atoms with Crippen molar-refractivity contribution in [3.63, 3.8) is 0 Å². The second kappa shape index (κ2) is 11.8. The van der Waals surface area contributed by atoms with Crippen molar-refractivity contribution in [2.45, 2.75) is 0 Å². The van der Waals surface area contributed by atoms with Gasteiger partial charge >= 0.3 is 0 Å². The molecule has 1 aromatic heterocycles. The van der Waals surface area contributed by atoms with Crippen molar-refractivity contribution < 1.29 is 0 Å². The molecule has 0 atom stereocenters. The van der Waals surface area contributed by atoms with Crippen LogP contribution in [0.15, 0.2) is 200 Å². The minimum Gasteiger partial charge on any atom is -0.308 e. The highest BCUT2D eigenvalue weighted by atomic mass is 15.0. The summed E-state index contributed by atoms with van der Waals surface area (Å²) < 4.78 is 2.52. The Hall–Kier alpha value is -6.96. The molecule has 11 rings (SSSR count). The summed E-state index contributed by atoms with van der Waals surface area (Å²) in [7, 11) is 0. The van der Waals surface area contributed by atoms with E-state index in [4.69, 9.17) is 0 Å². The largest absolute Gasteiger partial charge is 0.308 e. The molecule has 0 saturated carbocycles. The van der Waals surface area contributed by atoms with Gasteiger partial charge in [-0.15, -0.1) is 0 Å². The average molecular weight is 672 g/mol. The van der Waals surface area contributed by atoms with Gasteiger partial charge in [-0.2, -0.15) is 0 Å². The Morgan fingerprint density at radius 1 is 0.264 bits per heavy atom. The smallest absolute Gasteiger partial charge is 0.0620 e. The van der Waals surface area contributed by atoms with Crippen LogP contribution in [0.25, 0.3) is 104 Å². The van der Waals surface area contributed by atoms with E-state index in [2.05, 4.69) is 205 Å². The second-order valence-corrected chi connectivity index (χ2v) is 14.0. The Balaban J connectivity index is 1.20. The Labute approximate surface area is 307 Å². The molecule has 0 spiro atoms. The fraction of sp³-hybridized carbons (Fsp3) is 0. The van der Waals surface area contributed by atoms with Gasteiger partial charge in [-0.1, -0.05) is 182 Å². The van der Waals surface area contributed by atoms with Crippen LogP contribution in [0.5, 0.6) is 0 Å². The lowest BCUT2D eigenvalue weighted by molar-refractivity contribution is 1.19. The van der Waals surface area contributed by atoms with Crippen LogP contribution in [0.1, 0.15) is 0 Å². The van der Waals surface area contributed by atoms with E-state index >= 15 is 0 Å². The van der Waals surface area contributed by atoms with Crippen molar-refractivity contribution >= 4 is 64.9 Å². The van der Waals surface area contributed by atoms with E-state index in [0.717, 1.165) is 5.69 Å². The van der Waals surface area contributed by atoms with E-state index < -0.39 is 0 Å². The van der Waals surface area contributed by atoms with Crippen LogP contribution in [0.2, 0.25) is 0 Å². The predicted octanol–water partition coefficient (Wildman–Crippen LogP) is 14.4. The van der Waals surface area contributed by atoms with Crippen LogP contribution in [0.4, 0.5) is 0 Å². The van der Waals surface area contributed by atoms with Crippen molar-refractivity contribution in [3.05, 3.63) is 200 Å². The first kappa shape index (κ1) is 29.7. The summed E-state index contributed by atoms with van der Waals surface area (Å²) in [5.41, 5.74) is 11.1. The van der Waals surface area contributed by atoms with Crippen LogP contribution < -0.4 is 0 Å². The molecular weight excluding hydrogens is 639 g/mol. The van der Waals surface area contributed by atoms with Crippen LogP contribution in [0.3, 0.4) is 0 Å². The lowest BCUT2D eigenvalue weighted by Crippen LogP contribution is -1.96. The summed E-state index contributed by atoms with van der Waals surface area (Å²) in [5.74, 6) is 0. The molecule has 0 aliphatic heterocycles. The third-order valence-corrected chi connectivity index (χ3v) is 11.1. The van der Waals surface area contributed by atoms with Gasteiger partial charge in [-0.05, 0) is 83.9 Å². The molecular formula is C52H33N. The summed E-state index contributed by atoms with van der Waals surface area (Å²) in [6.07, 6.45) is 0. The highest BCUT2D eigenvalue weighted by Crippen LogP contribution is 2.46. The maximum absolute atomic E-state index is 2.52. The molecule has 0 aliphatic carbocycles. The van der Waals surface area contributed by atoms with Gasteiger partial charge in [-0.3, -0.25) is 0 Å². The van der Waals surface area contributed by atoms with Crippen molar-refractivity contribution in [1.82, 2.24) is 4.57 Å². The Kier molecular flexibility index (Phi) is 6.62. The maximum atomic E-state index is 2.52. The first-order chi connectivity index (χ1) is 26.3. The molecule has 0 fully saturated rings. The van der Waals surface area contributed by atoms with Crippen molar-refractivity contribution in [2.24, 2.45) is 0 Å². The molecule has 0 unspecified atom stereocenters. The second-order valence-electron chi connectivity index (χ2n) is 14.0. The predicted molar refractivity (Wildman–Crippen MR) is 227 cm³/mol. The van der Waals surface area contributed by atoms with Gasteiger partial charge < -0.3 is 4.57 Å². The van der Waals surface area contributed by atoms with Gasteiger partial charge in [0.25, 0.3) is 0 Å². The molecule has 1 heterocycles. The molecule has 0 bridgehead atoms. The fourth-order valence-corrected chi connectivity index (χ4v) is 8.88. The van der Waals surface area contributed by atoms with Gasteiger partial charge in [0, 0.05) is 27.2 Å². The average Bonchev–Trinajstić information content (AvgIpc) is 3.58. The highest BCUT2D eigenvalue weighted by Gasteiger charge is 2.21. The standard InChI is InChI=1S/C52H33N/c1-3-15-34(16-4-1)47-33-48-46-32-29-35-17-7-8-20-39(35)51(46)53(52(48)45-26-14-9-21-40(45)47)38-30-27-37(28-31-38)50-43-24-12-10-22-41(43)49(36-18-5-2-6-19-36)42-23-11-13-25-44(42)50/h1-33H. The number of fused-ring (bicyclic) bond motifs is 9. The topological polar surface area (TPSA) is 4.93 Å². The number of hydrogen-bond donors (Lipinski definition) is 0. The number of rotatable bonds is 4. The van der Waals surface area contributed by atoms with Crippen LogP contribution in [-0.2, 0) is 0 Å². The lowest BCUT2D eigenvalue weighted by Gasteiger charge is -2.18. The van der Waals surface area contributed by atoms with Crippen molar-refractivity contribution in [2.75, 3.05) is 0 Å². The van der Waals surface area contributed by atoms with Gasteiger partial charge in [0.05, 0.1) is 11.0 Å². The molecule has 53 heavy (non-hydrogen) atoms. The van der Waals surface area contributed by atoms with Crippen molar-refractivity contribution in [1.29, 1.82) is 0 Å². The van der Waals surface area contributed by atoms with Crippen molar-refractivity contribution in [3.8, 4) is 39.1 Å². The summed E-state index contributed by atoms with van der Waals surface area (Å²) in [4.78, 5) is 0. The van der Waals surface area contributed by atoms with E-state index in [1.165, 1.54) is 98.3 Å². The molecule has 0 radical (unpaired) electrons. The molecule has 1 heteroatoms. The van der Waals surface area contributed by atoms with Crippen LogP contribution in [-0.4, -0.2) is 4.57 Å².